The van der Waals surface area contributed by atoms with Gasteiger partial charge in [-0.05, 0) is 55.5 Å². The lowest BCUT2D eigenvalue weighted by molar-refractivity contribution is -0.120. The van der Waals surface area contributed by atoms with Crippen LogP contribution >= 0.6 is 15.9 Å². The number of carbonyl (C=O) groups excluding carboxylic acids is 1. The van der Waals surface area contributed by atoms with Gasteiger partial charge in [0, 0.05) is 37.1 Å². The predicted octanol–water partition coefficient (Wildman–Crippen LogP) is 2.60. The maximum atomic E-state index is 12.1. The molecule has 8 heteroatoms. The first-order valence-electron chi connectivity index (χ1n) is 9.50. The zero-order chi connectivity index (χ0) is 19.9. The van der Waals surface area contributed by atoms with Crippen molar-refractivity contribution < 1.29 is 13.2 Å². The lowest BCUT2D eigenvalue weighted by Crippen LogP contribution is -2.40. The van der Waals surface area contributed by atoms with Crippen molar-refractivity contribution in [2.75, 3.05) is 32.7 Å². The fourth-order valence-corrected chi connectivity index (χ4v) is 4.89. The zero-order valence-corrected chi connectivity index (χ0v) is 18.5. The molecular weight excluding hydrogens is 430 g/mol. The molecule has 0 aliphatic carbocycles. The summed E-state index contributed by atoms with van der Waals surface area (Å²) in [6.07, 6.45) is 2.34. The number of halogens is 1. The van der Waals surface area contributed by atoms with Crippen LogP contribution in [0.2, 0.25) is 0 Å². The molecule has 0 radical (unpaired) electrons. The first-order valence-corrected chi connectivity index (χ1v) is 11.8. The standard InChI is InChI=1S/C19H30BrN3O3S/c1-15-12-16(2)14-23(13-15)11-3-9-21-19(24)8-10-22-27(25,26)18-6-4-17(20)5-7-18/h4-7,15-16,22H,3,8-14H2,1-2H3,(H,21,24). The van der Waals surface area contributed by atoms with Crippen LogP contribution in [0.25, 0.3) is 0 Å². The monoisotopic (exact) mass is 459 g/mol. The van der Waals surface area contributed by atoms with Crippen LogP contribution < -0.4 is 10.0 Å². The molecule has 1 amide bonds. The summed E-state index contributed by atoms with van der Waals surface area (Å²) in [7, 11) is -3.58. The molecule has 2 atom stereocenters. The summed E-state index contributed by atoms with van der Waals surface area (Å²) < 4.78 is 27.6. The van der Waals surface area contributed by atoms with Gasteiger partial charge in [-0.3, -0.25) is 4.79 Å². The number of nitrogens with one attached hydrogen (secondary N) is 2. The van der Waals surface area contributed by atoms with Crippen molar-refractivity contribution >= 4 is 31.9 Å². The summed E-state index contributed by atoms with van der Waals surface area (Å²) in [4.78, 5) is 14.6. The molecule has 0 spiro atoms. The lowest BCUT2D eigenvalue weighted by Gasteiger charge is -2.34. The maximum Gasteiger partial charge on any atom is 0.240 e. The quantitative estimate of drug-likeness (QED) is 0.556. The van der Waals surface area contributed by atoms with Crippen molar-refractivity contribution in [1.29, 1.82) is 0 Å². The number of rotatable bonds is 9. The molecule has 1 heterocycles. The van der Waals surface area contributed by atoms with Crippen molar-refractivity contribution in [3.8, 4) is 0 Å². The number of hydrogen-bond acceptors (Lipinski definition) is 4. The van der Waals surface area contributed by atoms with E-state index in [0.717, 1.165) is 42.4 Å². The minimum atomic E-state index is -3.58. The molecule has 1 fully saturated rings. The normalized spacial score (nSPS) is 21.1. The number of benzene rings is 1. The summed E-state index contributed by atoms with van der Waals surface area (Å²) in [6.45, 7) is 8.56. The van der Waals surface area contributed by atoms with Crippen LogP contribution in [0, 0.1) is 11.8 Å². The van der Waals surface area contributed by atoms with Crippen LogP contribution in [-0.4, -0.2) is 51.9 Å². The third-order valence-corrected chi connectivity index (χ3v) is 6.69. The lowest BCUT2D eigenvalue weighted by atomic mass is 9.92. The Balaban J connectivity index is 1.61. The second-order valence-electron chi connectivity index (χ2n) is 7.51. The molecule has 6 nitrogen and oxygen atoms in total. The first-order chi connectivity index (χ1) is 12.8. The van der Waals surface area contributed by atoms with Gasteiger partial charge in [-0.15, -0.1) is 0 Å². The highest BCUT2D eigenvalue weighted by atomic mass is 79.9. The molecule has 0 bridgehead atoms. The second kappa shape index (κ2) is 10.5. The number of amides is 1. The summed E-state index contributed by atoms with van der Waals surface area (Å²) >= 11 is 3.27. The Morgan fingerprint density at radius 3 is 2.41 bits per heavy atom. The van der Waals surface area contributed by atoms with Gasteiger partial charge in [0.05, 0.1) is 4.90 Å². The third kappa shape index (κ3) is 7.89. The van der Waals surface area contributed by atoms with Gasteiger partial charge in [0.1, 0.15) is 0 Å². The topological polar surface area (TPSA) is 78.5 Å². The van der Waals surface area contributed by atoms with Crippen molar-refractivity contribution in [1.82, 2.24) is 14.9 Å². The largest absolute Gasteiger partial charge is 0.356 e. The number of carbonyl (C=O) groups is 1. The first kappa shape index (κ1) is 22.3. The summed E-state index contributed by atoms with van der Waals surface area (Å²) in [5, 5.41) is 2.87. The number of likely N-dealkylation sites (tertiary alicyclic amines) is 1. The van der Waals surface area contributed by atoms with E-state index in [2.05, 4.69) is 44.7 Å². The van der Waals surface area contributed by atoms with Crippen LogP contribution in [0.1, 0.15) is 33.1 Å². The van der Waals surface area contributed by atoms with Gasteiger partial charge in [-0.1, -0.05) is 29.8 Å². The van der Waals surface area contributed by atoms with Crippen LogP contribution in [0.5, 0.6) is 0 Å². The van der Waals surface area contributed by atoms with Crippen LogP contribution in [0.4, 0.5) is 0 Å². The summed E-state index contributed by atoms with van der Waals surface area (Å²) in [6, 6.07) is 6.39. The van der Waals surface area contributed by atoms with Gasteiger partial charge in [-0.2, -0.15) is 0 Å². The highest BCUT2D eigenvalue weighted by molar-refractivity contribution is 9.10. The Kier molecular flexibility index (Phi) is 8.72. The van der Waals surface area contributed by atoms with Crippen LogP contribution in [-0.2, 0) is 14.8 Å². The van der Waals surface area contributed by atoms with E-state index in [0.29, 0.717) is 6.54 Å². The number of hydrogen-bond donors (Lipinski definition) is 2. The van der Waals surface area contributed by atoms with E-state index in [1.807, 2.05) is 0 Å². The van der Waals surface area contributed by atoms with E-state index in [4.69, 9.17) is 0 Å². The molecular formula is C19H30BrN3O3S. The van der Waals surface area contributed by atoms with Gasteiger partial charge in [0.2, 0.25) is 15.9 Å². The maximum absolute atomic E-state index is 12.1. The van der Waals surface area contributed by atoms with Gasteiger partial charge >= 0.3 is 0 Å². The highest BCUT2D eigenvalue weighted by Gasteiger charge is 2.21. The third-order valence-electron chi connectivity index (χ3n) is 4.69. The predicted molar refractivity (Wildman–Crippen MR) is 111 cm³/mol. The van der Waals surface area contributed by atoms with E-state index in [1.165, 1.54) is 18.6 Å². The van der Waals surface area contributed by atoms with E-state index in [1.54, 1.807) is 12.1 Å². The summed E-state index contributed by atoms with van der Waals surface area (Å²) in [5.74, 6) is 1.35. The molecule has 1 aromatic rings. The molecule has 27 heavy (non-hydrogen) atoms. The number of piperidine rings is 1. The van der Waals surface area contributed by atoms with Gasteiger partial charge in [-0.25, -0.2) is 13.1 Å². The molecule has 1 aliphatic heterocycles. The van der Waals surface area contributed by atoms with E-state index in [9.17, 15) is 13.2 Å². The minimum absolute atomic E-state index is 0.0887. The Morgan fingerprint density at radius 1 is 1.15 bits per heavy atom. The van der Waals surface area contributed by atoms with Crippen molar-refractivity contribution in [3.63, 3.8) is 0 Å². The van der Waals surface area contributed by atoms with Crippen molar-refractivity contribution in [2.24, 2.45) is 11.8 Å². The SMILES string of the molecule is CC1CC(C)CN(CCCNC(=O)CCNS(=O)(=O)c2ccc(Br)cc2)C1. The fourth-order valence-electron chi connectivity index (χ4n) is 3.59. The molecule has 0 aromatic heterocycles. The second-order valence-corrected chi connectivity index (χ2v) is 10.2. The number of nitrogens with zero attached hydrogens (tertiary/aromatic N) is 1. The molecule has 0 saturated carbocycles. The Morgan fingerprint density at radius 2 is 1.78 bits per heavy atom. The van der Waals surface area contributed by atoms with Crippen molar-refractivity contribution in [3.05, 3.63) is 28.7 Å². The fraction of sp³-hybridized carbons (Fsp3) is 0.632. The number of sulfonamides is 1. The zero-order valence-electron chi connectivity index (χ0n) is 16.1. The Hall–Kier alpha value is -0.960. The van der Waals surface area contributed by atoms with Crippen LogP contribution in [0.3, 0.4) is 0 Å². The molecule has 1 saturated heterocycles. The average molecular weight is 460 g/mol. The van der Waals surface area contributed by atoms with E-state index < -0.39 is 10.0 Å². The smallest absolute Gasteiger partial charge is 0.240 e. The van der Waals surface area contributed by atoms with Gasteiger partial charge in [0.25, 0.3) is 0 Å². The van der Waals surface area contributed by atoms with Crippen molar-refractivity contribution in [2.45, 2.75) is 38.0 Å². The van der Waals surface area contributed by atoms with E-state index >= 15 is 0 Å². The average Bonchev–Trinajstić information content (AvgIpc) is 2.58. The summed E-state index contributed by atoms with van der Waals surface area (Å²) in [5.41, 5.74) is 0. The molecule has 152 valence electrons. The Labute approximate surface area is 171 Å². The molecule has 1 aliphatic rings. The molecule has 2 rings (SSSR count). The van der Waals surface area contributed by atoms with Crippen LogP contribution in [0.15, 0.2) is 33.6 Å². The molecule has 1 aromatic carbocycles. The molecule has 2 N–H and O–H groups in total. The highest BCUT2D eigenvalue weighted by Crippen LogP contribution is 2.20. The minimum Gasteiger partial charge on any atom is -0.356 e. The molecule has 2 unspecified atom stereocenters. The van der Waals surface area contributed by atoms with E-state index in [-0.39, 0.29) is 23.8 Å². The van der Waals surface area contributed by atoms with Gasteiger partial charge in [0.15, 0.2) is 0 Å². The Bertz CT molecular complexity index is 699. The van der Waals surface area contributed by atoms with Gasteiger partial charge < -0.3 is 10.2 Å².